The molecule has 0 atom stereocenters. The van der Waals surface area contributed by atoms with Crippen LogP contribution in [0.5, 0.6) is 11.5 Å². The first-order chi connectivity index (χ1) is 17.0. The molecule has 4 aromatic carbocycles. The molecular weight excluding hydrogens is 442 g/mol. The summed E-state index contributed by atoms with van der Waals surface area (Å²) in [6.45, 7) is 1.75. The van der Waals surface area contributed by atoms with Gasteiger partial charge in [0.25, 0.3) is 11.8 Å². The number of hydrogen-bond acceptors (Lipinski definition) is 5. The van der Waals surface area contributed by atoms with E-state index in [0.717, 1.165) is 16.0 Å². The summed E-state index contributed by atoms with van der Waals surface area (Å²) in [5, 5.41) is 0. The predicted octanol–water partition coefficient (Wildman–Crippen LogP) is 5.45. The van der Waals surface area contributed by atoms with Gasteiger partial charge in [0, 0.05) is 6.07 Å². The Morgan fingerprint density at radius 3 is 1.94 bits per heavy atom. The summed E-state index contributed by atoms with van der Waals surface area (Å²) in [5.41, 5.74) is 4.36. The third kappa shape index (κ3) is 4.54. The first-order valence-corrected chi connectivity index (χ1v) is 11.1. The van der Waals surface area contributed by atoms with Gasteiger partial charge in [-0.2, -0.15) is 0 Å². The number of esters is 1. The number of fused-ring (bicyclic) bond motifs is 1. The minimum Gasteiger partial charge on any atom is -0.482 e. The lowest BCUT2D eigenvalue weighted by atomic mass is 10.0. The molecule has 6 heteroatoms. The van der Waals surface area contributed by atoms with Crippen molar-refractivity contribution in [1.29, 1.82) is 0 Å². The van der Waals surface area contributed by atoms with Crippen LogP contribution in [0, 0.1) is 6.92 Å². The van der Waals surface area contributed by atoms with Gasteiger partial charge in [0.2, 0.25) is 0 Å². The number of hydrogen-bond donors (Lipinski definition) is 0. The Bertz CT molecular complexity index is 1390. The molecule has 0 fully saturated rings. The van der Waals surface area contributed by atoms with Crippen LogP contribution in [0.15, 0.2) is 97.1 Å². The van der Waals surface area contributed by atoms with Crippen molar-refractivity contribution >= 4 is 23.5 Å². The molecule has 172 valence electrons. The third-order valence-corrected chi connectivity index (χ3v) is 5.70. The Morgan fingerprint density at radius 1 is 0.714 bits per heavy atom. The third-order valence-electron chi connectivity index (χ3n) is 5.70. The van der Waals surface area contributed by atoms with Crippen LogP contribution in [0.4, 0.5) is 5.69 Å². The second kappa shape index (κ2) is 9.27. The van der Waals surface area contributed by atoms with Crippen molar-refractivity contribution in [3.05, 3.63) is 114 Å². The maximum atomic E-state index is 12.7. The number of aryl methyl sites for hydroxylation is 1. The van der Waals surface area contributed by atoms with Crippen LogP contribution < -0.4 is 14.4 Å². The van der Waals surface area contributed by atoms with E-state index in [0.29, 0.717) is 22.6 Å². The van der Waals surface area contributed by atoms with Crippen molar-refractivity contribution in [1.82, 2.24) is 0 Å². The first-order valence-electron chi connectivity index (χ1n) is 11.1. The van der Waals surface area contributed by atoms with E-state index in [4.69, 9.17) is 9.47 Å². The predicted molar refractivity (Wildman–Crippen MR) is 132 cm³/mol. The van der Waals surface area contributed by atoms with Crippen LogP contribution >= 0.6 is 0 Å². The van der Waals surface area contributed by atoms with Crippen LogP contribution in [-0.4, -0.2) is 24.4 Å². The number of imide groups is 1. The van der Waals surface area contributed by atoms with Crippen molar-refractivity contribution in [2.75, 3.05) is 11.5 Å². The number of nitrogens with zero attached hydrogens (tertiary/aromatic N) is 1. The normalized spacial score (nSPS) is 12.4. The highest BCUT2D eigenvalue weighted by Gasteiger charge is 2.36. The van der Waals surface area contributed by atoms with Crippen LogP contribution in [-0.2, 0) is 4.79 Å². The van der Waals surface area contributed by atoms with Gasteiger partial charge in [0.15, 0.2) is 6.61 Å². The van der Waals surface area contributed by atoms with Gasteiger partial charge in [-0.15, -0.1) is 0 Å². The SMILES string of the molecule is Cc1ccc(-c2ccc(OCC(=O)Oc3cccc(N4C(=O)c5ccccc5C4=O)c3)cc2)cc1. The van der Waals surface area contributed by atoms with Crippen molar-refractivity contribution < 1.29 is 23.9 Å². The molecule has 0 saturated heterocycles. The molecule has 5 rings (SSSR count). The van der Waals surface area contributed by atoms with E-state index in [2.05, 4.69) is 24.3 Å². The summed E-state index contributed by atoms with van der Waals surface area (Å²) >= 11 is 0. The lowest BCUT2D eigenvalue weighted by Crippen LogP contribution is -2.29. The lowest BCUT2D eigenvalue weighted by Gasteiger charge is -2.15. The standard InChI is InChI=1S/C29H21NO5/c1-19-9-11-20(12-10-19)21-13-15-23(16-14-21)34-18-27(31)35-24-6-4-5-22(17-24)30-28(32)25-7-2-3-8-26(25)29(30)33/h2-17H,18H2,1H3. The summed E-state index contributed by atoms with van der Waals surface area (Å²) < 4.78 is 10.9. The van der Waals surface area contributed by atoms with Gasteiger partial charge < -0.3 is 9.47 Å². The molecular formula is C29H21NO5. The van der Waals surface area contributed by atoms with E-state index in [9.17, 15) is 14.4 Å². The summed E-state index contributed by atoms with van der Waals surface area (Å²) in [5.74, 6) is -0.676. The fourth-order valence-corrected chi connectivity index (χ4v) is 3.90. The smallest absolute Gasteiger partial charge is 0.349 e. The fourth-order valence-electron chi connectivity index (χ4n) is 3.90. The number of ether oxygens (including phenoxy) is 2. The zero-order valence-electron chi connectivity index (χ0n) is 18.9. The molecule has 1 heterocycles. The maximum absolute atomic E-state index is 12.7. The Labute approximate surface area is 202 Å². The van der Waals surface area contributed by atoms with Crippen LogP contribution in [0.1, 0.15) is 26.3 Å². The number of rotatable bonds is 6. The molecule has 6 nitrogen and oxygen atoms in total. The van der Waals surface area contributed by atoms with Crippen LogP contribution in [0.2, 0.25) is 0 Å². The summed E-state index contributed by atoms with van der Waals surface area (Å²) in [6.07, 6.45) is 0. The largest absolute Gasteiger partial charge is 0.482 e. The molecule has 35 heavy (non-hydrogen) atoms. The monoisotopic (exact) mass is 463 g/mol. The summed E-state index contributed by atoms with van der Waals surface area (Å²) in [4.78, 5) is 38.8. The molecule has 0 unspecified atom stereocenters. The van der Waals surface area contributed by atoms with E-state index < -0.39 is 17.8 Å². The van der Waals surface area contributed by atoms with E-state index in [1.165, 1.54) is 11.6 Å². The molecule has 0 saturated carbocycles. The van der Waals surface area contributed by atoms with Gasteiger partial charge in [-0.1, -0.05) is 60.2 Å². The molecule has 1 aliphatic heterocycles. The van der Waals surface area contributed by atoms with Gasteiger partial charge in [-0.25, -0.2) is 9.69 Å². The Hall–Kier alpha value is -4.71. The average Bonchev–Trinajstić information content (AvgIpc) is 3.14. The molecule has 0 radical (unpaired) electrons. The fraction of sp³-hybridized carbons (Fsp3) is 0.0690. The topological polar surface area (TPSA) is 72.9 Å². The molecule has 0 aliphatic carbocycles. The lowest BCUT2D eigenvalue weighted by molar-refractivity contribution is -0.136. The van der Waals surface area contributed by atoms with Gasteiger partial charge >= 0.3 is 5.97 Å². The zero-order chi connectivity index (χ0) is 24.4. The molecule has 0 N–H and O–H groups in total. The Morgan fingerprint density at radius 2 is 1.31 bits per heavy atom. The molecule has 4 aromatic rings. The van der Waals surface area contributed by atoms with Gasteiger partial charge in [-0.3, -0.25) is 9.59 Å². The molecule has 1 aliphatic rings. The van der Waals surface area contributed by atoms with E-state index in [1.54, 1.807) is 54.6 Å². The highest BCUT2D eigenvalue weighted by Crippen LogP contribution is 2.30. The maximum Gasteiger partial charge on any atom is 0.349 e. The minimum atomic E-state index is -0.605. The van der Waals surface area contributed by atoms with E-state index in [-0.39, 0.29) is 12.4 Å². The minimum absolute atomic E-state index is 0.211. The van der Waals surface area contributed by atoms with Gasteiger partial charge in [0.05, 0.1) is 16.8 Å². The van der Waals surface area contributed by atoms with Crippen molar-refractivity contribution in [2.45, 2.75) is 6.92 Å². The molecule has 2 amide bonds. The Kier molecular flexibility index (Phi) is 5.85. The summed E-state index contributed by atoms with van der Waals surface area (Å²) in [7, 11) is 0. The van der Waals surface area contributed by atoms with Crippen molar-refractivity contribution in [3.63, 3.8) is 0 Å². The number of anilines is 1. The quantitative estimate of drug-likeness (QED) is 0.216. The van der Waals surface area contributed by atoms with E-state index >= 15 is 0 Å². The Balaban J connectivity index is 1.21. The second-order valence-corrected chi connectivity index (χ2v) is 8.14. The van der Waals surface area contributed by atoms with Crippen LogP contribution in [0.3, 0.4) is 0 Å². The molecule has 0 spiro atoms. The number of benzene rings is 4. The highest BCUT2D eigenvalue weighted by molar-refractivity contribution is 6.34. The van der Waals surface area contributed by atoms with Gasteiger partial charge in [0.1, 0.15) is 11.5 Å². The highest BCUT2D eigenvalue weighted by atomic mass is 16.6. The van der Waals surface area contributed by atoms with Crippen LogP contribution in [0.25, 0.3) is 11.1 Å². The first kappa shape index (κ1) is 22.1. The number of amides is 2. The van der Waals surface area contributed by atoms with Gasteiger partial charge in [-0.05, 0) is 54.4 Å². The zero-order valence-corrected chi connectivity index (χ0v) is 18.9. The number of carbonyl (C=O) groups excluding carboxylic acids is 3. The second-order valence-electron chi connectivity index (χ2n) is 8.14. The van der Waals surface area contributed by atoms with Crippen molar-refractivity contribution in [2.24, 2.45) is 0 Å². The average molecular weight is 463 g/mol. The van der Waals surface area contributed by atoms with E-state index in [1.807, 2.05) is 19.1 Å². The molecule has 0 bridgehead atoms. The summed E-state index contributed by atoms with van der Waals surface area (Å²) in [6, 6.07) is 28.6. The van der Waals surface area contributed by atoms with Crippen molar-refractivity contribution in [3.8, 4) is 22.6 Å². The molecule has 0 aromatic heterocycles. The number of carbonyl (C=O) groups is 3.